The van der Waals surface area contributed by atoms with Crippen LogP contribution in [0.2, 0.25) is 0 Å². The highest BCUT2D eigenvalue weighted by Crippen LogP contribution is 2.24. The number of H-pyrrole nitrogens is 1. The Kier molecular flexibility index (Phi) is 3.80. The zero-order valence-corrected chi connectivity index (χ0v) is 11.7. The number of ether oxygens (including phenoxy) is 1. The molecular formula is C15H20N4O. The maximum atomic E-state index is 5.78. The second-order valence-corrected chi connectivity index (χ2v) is 5.52. The van der Waals surface area contributed by atoms with Gasteiger partial charge >= 0.3 is 0 Å². The van der Waals surface area contributed by atoms with Gasteiger partial charge in [0, 0.05) is 43.2 Å². The molecule has 0 unspecified atom stereocenters. The van der Waals surface area contributed by atoms with Crippen LogP contribution in [0.5, 0.6) is 0 Å². The quantitative estimate of drug-likeness (QED) is 0.875. The molecule has 0 amide bonds. The molecular weight excluding hydrogens is 252 g/mol. The average Bonchev–Trinajstić information content (AvgIpc) is 3.10. The van der Waals surface area contributed by atoms with Crippen molar-refractivity contribution in [2.24, 2.45) is 0 Å². The van der Waals surface area contributed by atoms with E-state index in [9.17, 15) is 0 Å². The summed E-state index contributed by atoms with van der Waals surface area (Å²) in [6, 6.07) is 3.96. The van der Waals surface area contributed by atoms with Gasteiger partial charge < -0.3 is 10.1 Å². The van der Waals surface area contributed by atoms with E-state index in [4.69, 9.17) is 4.74 Å². The maximum absolute atomic E-state index is 5.78. The van der Waals surface area contributed by atoms with Crippen molar-refractivity contribution in [1.29, 1.82) is 0 Å². The van der Waals surface area contributed by atoms with Gasteiger partial charge in [-0.15, -0.1) is 0 Å². The predicted octanol–water partition coefficient (Wildman–Crippen LogP) is 2.13. The summed E-state index contributed by atoms with van der Waals surface area (Å²) >= 11 is 0. The Morgan fingerprint density at radius 1 is 1.45 bits per heavy atom. The van der Waals surface area contributed by atoms with Gasteiger partial charge in [-0.05, 0) is 31.9 Å². The summed E-state index contributed by atoms with van der Waals surface area (Å²) in [6.07, 6.45) is 7.77. The second-order valence-electron chi connectivity index (χ2n) is 5.52. The summed E-state index contributed by atoms with van der Waals surface area (Å²) in [5.41, 5.74) is 3.23. The van der Waals surface area contributed by atoms with Gasteiger partial charge in [0.2, 0.25) is 0 Å². The normalized spacial score (nSPS) is 22.2. The van der Waals surface area contributed by atoms with E-state index in [1.54, 1.807) is 6.20 Å². The first-order chi connectivity index (χ1) is 9.77. The van der Waals surface area contributed by atoms with Crippen LogP contribution in [-0.4, -0.2) is 33.9 Å². The van der Waals surface area contributed by atoms with Crippen molar-refractivity contribution < 1.29 is 4.74 Å². The molecule has 106 valence electrons. The van der Waals surface area contributed by atoms with Gasteiger partial charge in [0.15, 0.2) is 0 Å². The molecule has 2 aromatic heterocycles. The molecule has 0 bridgehead atoms. The Balaban J connectivity index is 1.63. The number of hydrogen-bond donors (Lipinski definition) is 2. The molecule has 0 aliphatic carbocycles. The summed E-state index contributed by atoms with van der Waals surface area (Å²) in [5.74, 6) is 0. The summed E-state index contributed by atoms with van der Waals surface area (Å²) in [7, 11) is 0. The molecule has 0 radical (unpaired) electrons. The summed E-state index contributed by atoms with van der Waals surface area (Å²) in [5, 5.41) is 10.7. The Labute approximate surface area is 118 Å². The number of nitrogens with one attached hydrogen (secondary N) is 2. The van der Waals surface area contributed by atoms with Crippen LogP contribution in [0.25, 0.3) is 11.3 Å². The average molecular weight is 272 g/mol. The first-order valence-corrected chi connectivity index (χ1v) is 7.04. The van der Waals surface area contributed by atoms with Gasteiger partial charge in [-0.1, -0.05) is 0 Å². The lowest BCUT2D eigenvalue weighted by Gasteiger charge is -2.23. The highest BCUT2D eigenvalue weighted by Gasteiger charge is 2.29. The van der Waals surface area contributed by atoms with Crippen LogP contribution in [0.1, 0.15) is 25.3 Å². The van der Waals surface area contributed by atoms with E-state index in [2.05, 4.69) is 27.4 Å². The molecule has 3 heterocycles. The fourth-order valence-electron chi connectivity index (χ4n) is 2.64. The molecule has 0 saturated carbocycles. The largest absolute Gasteiger partial charge is 0.374 e. The van der Waals surface area contributed by atoms with Crippen LogP contribution in [0.4, 0.5) is 0 Å². The lowest BCUT2D eigenvalue weighted by Crippen LogP contribution is -2.36. The Bertz CT molecular complexity index is 546. The topological polar surface area (TPSA) is 62.8 Å². The monoisotopic (exact) mass is 272 g/mol. The molecule has 20 heavy (non-hydrogen) atoms. The van der Waals surface area contributed by atoms with Gasteiger partial charge in [0.1, 0.15) is 0 Å². The van der Waals surface area contributed by atoms with Crippen molar-refractivity contribution in [1.82, 2.24) is 20.5 Å². The zero-order valence-electron chi connectivity index (χ0n) is 11.7. The predicted molar refractivity (Wildman–Crippen MR) is 77.1 cm³/mol. The Morgan fingerprint density at radius 3 is 3.15 bits per heavy atom. The Morgan fingerprint density at radius 2 is 2.40 bits per heavy atom. The summed E-state index contributed by atoms with van der Waals surface area (Å²) in [6.45, 7) is 4.69. The molecule has 5 heteroatoms. The molecule has 2 aromatic rings. The molecule has 0 aromatic carbocycles. The number of rotatable bonds is 5. The van der Waals surface area contributed by atoms with Gasteiger partial charge in [-0.25, -0.2) is 0 Å². The van der Waals surface area contributed by atoms with Crippen molar-refractivity contribution in [3.8, 4) is 11.3 Å². The standard InChI is InChI=1S/C15H20N4O/c1-15(5-3-7-20-15)11-17-9-13-10-18-19-14(13)12-4-2-6-16-8-12/h2,4,6,8,10,17H,3,5,7,9,11H2,1H3,(H,18,19)/t15-/m1/s1. The van der Waals surface area contributed by atoms with Crippen molar-refractivity contribution in [3.63, 3.8) is 0 Å². The van der Waals surface area contributed by atoms with Gasteiger partial charge in [0.05, 0.1) is 17.5 Å². The fourth-order valence-corrected chi connectivity index (χ4v) is 2.64. The molecule has 2 N–H and O–H groups in total. The lowest BCUT2D eigenvalue weighted by atomic mass is 10.0. The Hall–Kier alpha value is -1.72. The van der Waals surface area contributed by atoms with Crippen LogP contribution < -0.4 is 5.32 Å². The third-order valence-corrected chi connectivity index (χ3v) is 3.78. The third-order valence-electron chi connectivity index (χ3n) is 3.78. The molecule has 3 rings (SSSR count). The molecule has 0 spiro atoms. The maximum Gasteiger partial charge on any atom is 0.0779 e. The SMILES string of the molecule is C[C@]1(CNCc2cn[nH]c2-c2cccnc2)CCCO1. The number of nitrogens with zero attached hydrogens (tertiary/aromatic N) is 2. The summed E-state index contributed by atoms with van der Waals surface area (Å²) in [4.78, 5) is 4.15. The fraction of sp³-hybridized carbons (Fsp3) is 0.467. The molecule has 5 nitrogen and oxygen atoms in total. The zero-order chi connectivity index (χ0) is 13.8. The van der Waals surface area contributed by atoms with Gasteiger partial charge in [-0.3, -0.25) is 10.1 Å². The number of aromatic amines is 1. The minimum atomic E-state index is -0.0157. The van der Waals surface area contributed by atoms with Crippen LogP contribution in [0.3, 0.4) is 0 Å². The van der Waals surface area contributed by atoms with Gasteiger partial charge in [0.25, 0.3) is 0 Å². The third kappa shape index (κ3) is 2.89. The van der Waals surface area contributed by atoms with E-state index in [1.165, 1.54) is 0 Å². The highest BCUT2D eigenvalue weighted by atomic mass is 16.5. The van der Waals surface area contributed by atoms with E-state index >= 15 is 0 Å². The summed E-state index contributed by atoms with van der Waals surface area (Å²) < 4.78 is 5.78. The first kappa shape index (κ1) is 13.3. The lowest BCUT2D eigenvalue weighted by molar-refractivity contribution is 0.0207. The number of aromatic nitrogens is 3. The van der Waals surface area contributed by atoms with Gasteiger partial charge in [-0.2, -0.15) is 5.10 Å². The van der Waals surface area contributed by atoms with E-state index < -0.39 is 0 Å². The van der Waals surface area contributed by atoms with Crippen LogP contribution >= 0.6 is 0 Å². The minimum absolute atomic E-state index is 0.0157. The molecule has 1 saturated heterocycles. The second kappa shape index (κ2) is 5.73. The van der Waals surface area contributed by atoms with Crippen LogP contribution in [-0.2, 0) is 11.3 Å². The smallest absolute Gasteiger partial charge is 0.0779 e. The molecule has 1 fully saturated rings. The van der Waals surface area contributed by atoms with E-state index in [-0.39, 0.29) is 5.60 Å². The molecule has 1 aliphatic rings. The minimum Gasteiger partial charge on any atom is -0.374 e. The number of pyridine rings is 1. The van der Waals surface area contributed by atoms with Crippen molar-refractivity contribution in [3.05, 3.63) is 36.3 Å². The van der Waals surface area contributed by atoms with Crippen molar-refractivity contribution in [2.75, 3.05) is 13.2 Å². The van der Waals surface area contributed by atoms with Crippen LogP contribution in [0.15, 0.2) is 30.7 Å². The highest BCUT2D eigenvalue weighted by molar-refractivity contribution is 5.61. The van der Waals surface area contributed by atoms with E-state index in [0.29, 0.717) is 0 Å². The molecule has 1 atom stereocenters. The van der Waals surface area contributed by atoms with E-state index in [0.717, 1.165) is 49.4 Å². The first-order valence-electron chi connectivity index (χ1n) is 7.04. The van der Waals surface area contributed by atoms with Crippen molar-refractivity contribution >= 4 is 0 Å². The number of hydrogen-bond acceptors (Lipinski definition) is 4. The van der Waals surface area contributed by atoms with Crippen LogP contribution in [0, 0.1) is 0 Å². The van der Waals surface area contributed by atoms with Crippen molar-refractivity contribution in [2.45, 2.75) is 31.9 Å². The molecule has 1 aliphatic heterocycles. The van der Waals surface area contributed by atoms with E-state index in [1.807, 2.05) is 24.5 Å².